The molecule has 0 bridgehead atoms. The summed E-state index contributed by atoms with van der Waals surface area (Å²) in [4.78, 5) is 34.8. The monoisotopic (exact) mass is 340 g/mol. The van der Waals surface area contributed by atoms with E-state index in [4.69, 9.17) is 0 Å². The fourth-order valence-corrected chi connectivity index (χ4v) is 2.75. The topological polar surface area (TPSA) is 112 Å². The van der Waals surface area contributed by atoms with Crippen molar-refractivity contribution in [2.45, 2.75) is 12.8 Å². The largest absolute Gasteiger partial charge is 0.478 e. The van der Waals surface area contributed by atoms with Crippen LogP contribution in [0.2, 0.25) is 0 Å². The van der Waals surface area contributed by atoms with E-state index in [1.54, 1.807) is 24.3 Å². The standard InChI is InChI=1S/C19H16O6/c1-2-6-12-13(9-11-7-4-3-5-8-11)14(17(20)21)10-15(18(22)23)16(12)19(24)25/h2-5,7-8,10H,1,6,9H2,(H,20,21)(H,22,23)(H,24,25). The molecule has 0 aliphatic carbocycles. The van der Waals surface area contributed by atoms with Crippen molar-refractivity contribution in [2.75, 3.05) is 0 Å². The highest BCUT2D eigenvalue weighted by atomic mass is 16.4. The SMILES string of the molecule is C=CCc1c(Cc2ccccc2)c(C(=O)O)cc(C(=O)O)c1C(=O)O. The Hall–Kier alpha value is -3.41. The molecule has 0 atom stereocenters. The lowest BCUT2D eigenvalue weighted by Gasteiger charge is -2.17. The molecular weight excluding hydrogens is 324 g/mol. The van der Waals surface area contributed by atoms with Gasteiger partial charge in [-0.1, -0.05) is 36.4 Å². The van der Waals surface area contributed by atoms with Crippen molar-refractivity contribution in [1.82, 2.24) is 0 Å². The van der Waals surface area contributed by atoms with Crippen LogP contribution in [0.25, 0.3) is 0 Å². The maximum atomic E-state index is 11.7. The molecule has 0 spiro atoms. The number of allylic oxidation sites excluding steroid dienone is 1. The van der Waals surface area contributed by atoms with E-state index in [0.717, 1.165) is 11.6 Å². The maximum Gasteiger partial charge on any atom is 0.336 e. The zero-order valence-electron chi connectivity index (χ0n) is 13.2. The van der Waals surface area contributed by atoms with Crippen molar-refractivity contribution in [3.63, 3.8) is 0 Å². The van der Waals surface area contributed by atoms with Crippen LogP contribution in [-0.4, -0.2) is 33.2 Å². The van der Waals surface area contributed by atoms with Gasteiger partial charge in [0.2, 0.25) is 0 Å². The molecule has 3 N–H and O–H groups in total. The Morgan fingerprint density at radius 1 is 0.880 bits per heavy atom. The highest BCUT2D eigenvalue weighted by molar-refractivity contribution is 6.05. The van der Waals surface area contributed by atoms with Crippen LogP contribution >= 0.6 is 0 Å². The van der Waals surface area contributed by atoms with E-state index < -0.39 is 29.0 Å². The molecule has 25 heavy (non-hydrogen) atoms. The zero-order chi connectivity index (χ0) is 18.6. The van der Waals surface area contributed by atoms with Crippen LogP contribution < -0.4 is 0 Å². The molecule has 0 aromatic heterocycles. The molecule has 0 aliphatic heterocycles. The van der Waals surface area contributed by atoms with E-state index >= 15 is 0 Å². The number of benzene rings is 2. The molecule has 0 fully saturated rings. The summed E-state index contributed by atoms with van der Waals surface area (Å²) in [6.07, 6.45) is 1.64. The Kier molecular flexibility index (Phi) is 5.34. The van der Waals surface area contributed by atoms with Crippen molar-refractivity contribution in [3.8, 4) is 0 Å². The molecule has 2 aromatic rings. The summed E-state index contributed by atoms with van der Waals surface area (Å²) in [5.41, 5.74) is 0.0596. The van der Waals surface area contributed by atoms with E-state index in [9.17, 15) is 29.7 Å². The summed E-state index contributed by atoms with van der Waals surface area (Å²) in [6, 6.07) is 9.87. The van der Waals surface area contributed by atoms with Gasteiger partial charge in [-0.2, -0.15) is 0 Å². The van der Waals surface area contributed by atoms with E-state index in [0.29, 0.717) is 0 Å². The third-order valence-electron chi connectivity index (χ3n) is 3.80. The van der Waals surface area contributed by atoms with Gasteiger partial charge in [-0.05, 0) is 35.6 Å². The van der Waals surface area contributed by atoms with E-state index in [1.807, 2.05) is 6.07 Å². The minimum absolute atomic E-state index is 0.0468. The van der Waals surface area contributed by atoms with Crippen LogP contribution in [0.1, 0.15) is 47.8 Å². The minimum atomic E-state index is -1.49. The third-order valence-corrected chi connectivity index (χ3v) is 3.80. The predicted octanol–water partition coefficient (Wildman–Crippen LogP) is 3.10. The van der Waals surface area contributed by atoms with Gasteiger partial charge in [0.1, 0.15) is 0 Å². The third kappa shape index (κ3) is 3.74. The number of hydrogen-bond acceptors (Lipinski definition) is 3. The van der Waals surface area contributed by atoms with E-state index in [2.05, 4.69) is 6.58 Å². The number of carboxylic acids is 3. The smallest absolute Gasteiger partial charge is 0.336 e. The lowest BCUT2D eigenvalue weighted by atomic mass is 9.86. The van der Waals surface area contributed by atoms with Crippen LogP contribution in [0, 0.1) is 0 Å². The van der Waals surface area contributed by atoms with Crippen molar-refractivity contribution >= 4 is 17.9 Å². The Balaban J connectivity index is 2.83. The highest BCUT2D eigenvalue weighted by Gasteiger charge is 2.27. The van der Waals surface area contributed by atoms with Gasteiger partial charge in [0, 0.05) is 0 Å². The van der Waals surface area contributed by atoms with Gasteiger partial charge in [-0.3, -0.25) is 0 Å². The van der Waals surface area contributed by atoms with Crippen molar-refractivity contribution in [3.05, 3.63) is 82.4 Å². The van der Waals surface area contributed by atoms with Gasteiger partial charge < -0.3 is 15.3 Å². The molecule has 0 radical (unpaired) electrons. The van der Waals surface area contributed by atoms with Crippen molar-refractivity contribution in [1.29, 1.82) is 0 Å². The first-order valence-corrected chi connectivity index (χ1v) is 7.40. The Labute approximate surface area is 143 Å². The first-order chi connectivity index (χ1) is 11.9. The van der Waals surface area contributed by atoms with Gasteiger partial charge in [0.15, 0.2) is 0 Å². The average molecular weight is 340 g/mol. The van der Waals surface area contributed by atoms with Gasteiger partial charge in [0.05, 0.1) is 16.7 Å². The Bertz CT molecular complexity index is 852. The Morgan fingerprint density at radius 2 is 1.48 bits per heavy atom. The van der Waals surface area contributed by atoms with E-state index in [1.165, 1.54) is 6.08 Å². The van der Waals surface area contributed by atoms with Crippen LogP contribution in [0.3, 0.4) is 0 Å². The lowest BCUT2D eigenvalue weighted by Crippen LogP contribution is -2.18. The van der Waals surface area contributed by atoms with Gasteiger partial charge >= 0.3 is 17.9 Å². The second kappa shape index (κ2) is 7.44. The molecule has 0 amide bonds. The molecule has 0 saturated carbocycles. The second-order valence-corrected chi connectivity index (χ2v) is 5.37. The van der Waals surface area contributed by atoms with Crippen LogP contribution in [0.5, 0.6) is 0 Å². The predicted molar refractivity (Wildman–Crippen MR) is 90.5 cm³/mol. The number of carbonyl (C=O) groups is 3. The molecule has 0 unspecified atom stereocenters. The molecule has 128 valence electrons. The maximum absolute atomic E-state index is 11.7. The van der Waals surface area contributed by atoms with E-state index in [-0.39, 0.29) is 29.5 Å². The quantitative estimate of drug-likeness (QED) is 0.668. The lowest BCUT2D eigenvalue weighted by molar-refractivity contribution is 0.0648. The second-order valence-electron chi connectivity index (χ2n) is 5.37. The molecule has 6 nitrogen and oxygen atoms in total. The molecule has 6 heteroatoms. The number of carboxylic acid groups (broad SMARTS) is 3. The van der Waals surface area contributed by atoms with Crippen molar-refractivity contribution < 1.29 is 29.7 Å². The average Bonchev–Trinajstić information content (AvgIpc) is 2.56. The number of aromatic carboxylic acids is 3. The summed E-state index contributed by atoms with van der Waals surface area (Å²) in [7, 11) is 0. The van der Waals surface area contributed by atoms with Gasteiger partial charge in [-0.15, -0.1) is 6.58 Å². The number of rotatable bonds is 7. The first kappa shape index (κ1) is 17.9. The molecule has 2 aromatic carbocycles. The summed E-state index contributed by atoms with van der Waals surface area (Å²) in [6.45, 7) is 3.57. The first-order valence-electron chi connectivity index (χ1n) is 7.40. The molecular formula is C19H16O6. The minimum Gasteiger partial charge on any atom is -0.478 e. The fraction of sp³-hybridized carbons (Fsp3) is 0.105. The molecule has 0 saturated heterocycles. The normalized spacial score (nSPS) is 10.2. The fourth-order valence-electron chi connectivity index (χ4n) is 2.75. The summed E-state index contributed by atoms with van der Waals surface area (Å²) < 4.78 is 0. The van der Waals surface area contributed by atoms with Crippen molar-refractivity contribution in [2.24, 2.45) is 0 Å². The highest BCUT2D eigenvalue weighted by Crippen LogP contribution is 2.28. The molecule has 2 rings (SSSR count). The summed E-state index contributed by atoms with van der Waals surface area (Å²) >= 11 is 0. The van der Waals surface area contributed by atoms with Gasteiger partial charge in [0.25, 0.3) is 0 Å². The van der Waals surface area contributed by atoms with Gasteiger partial charge in [-0.25, -0.2) is 14.4 Å². The summed E-state index contributed by atoms with van der Waals surface area (Å²) in [5, 5.41) is 28.3. The molecule has 0 heterocycles. The van der Waals surface area contributed by atoms with Crippen LogP contribution in [0.15, 0.2) is 49.1 Å². The van der Waals surface area contributed by atoms with Crippen LogP contribution in [0.4, 0.5) is 0 Å². The summed E-state index contributed by atoms with van der Waals surface area (Å²) in [5.74, 6) is -4.22. The number of hydrogen-bond donors (Lipinski definition) is 3. The Morgan fingerprint density at radius 3 is 1.96 bits per heavy atom. The zero-order valence-corrected chi connectivity index (χ0v) is 13.2. The van der Waals surface area contributed by atoms with Crippen LogP contribution in [-0.2, 0) is 12.8 Å². The molecule has 0 aliphatic rings.